The van der Waals surface area contributed by atoms with E-state index in [0.717, 1.165) is 85.6 Å². The molecule has 0 spiro atoms. The van der Waals surface area contributed by atoms with Crippen LogP contribution in [-0.4, -0.2) is 113 Å². The number of fused-ring (bicyclic) bond motifs is 4. The minimum atomic E-state index is -5.08. The Kier molecular flexibility index (Phi) is 32.0. The van der Waals surface area contributed by atoms with Crippen LogP contribution in [0.25, 0.3) is 43.1 Å². The SMILES string of the molecule is C.COc1cc2ccnc(I)c2cc1OC.COc1cc2ccnc(I)c2cc1OC.COc1cc2ccnc(Nc3ccc(OC(F)(F)F)cc3)c2cc1OC.COc1cc2ccnc(Nc3ccc(OC(F)(F)F)cc3)c2cc1OC.Cl.Nc1ccc(OC(F)(F)F)cc1.O=C(O)C(F)(F)F. The van der Waals surface area contributed by atoms with Gasteiger partial charge in [0.1, 0.15) is 36.3 Å². The lowest BCUT2D eigenvalue weighted by Gasteiger charge is -2.13. The smallest absolute Gasteiger partial charge is 0.493 e. The van der Waals surface area contributed by atoms with Crippen LogP contribution in [0.5, 0.6) is 63.2 Å². The number of pyridine rings is 4. The lowest BCUT2D eigenvalue weighted by Crippen LogP contribution is -2.21. The van der Waals surface area contributed by atoms with Crippen LogP contribution >= 0.6 is 57.6 Å². The minimum absolute atomic E-state index is 0. The summed E-state index contributed by atoms with van der Waals surface area (Å²) in [7, 11) is 12.7. The van der Waals surface area contributed by atoms with Crippen LogP contribution in [0.1, 0.15) is 7.43 Å². The van der Waals surface area contributed by atoms with Crippen LogP contribution in [0.2, 0.25) is 0 Å². The molecule has 0 unspecified atom stereocenters. The van der Waals surface area contributed by atoms with Crippen molar-refractivity contribution < 1.29 is 115 Å². The van der Waals surface area contributed by atoms with Crippen LogP contribution in [0.15, 0.2) is 170 Å². The number of carboxylic acid groups (broad SMARTS) is 1. The maximum absolute atomic E-state index is 12.2. The van der Waals surface area contributed by atoms with Crippen molar-refractivity contribution in [3.05, 3.63) is 178 Å². The summed E-state index contributed by atoms with van der Waals surface area (Å²) >= 11 is 4.41. The quantitative estimate of drug-likeness (QED) is 0.0323. The predicted molar refractivity (Wildman–Crippen MR) is 383 cm³/mol. The molecule has 4 aromatic heterocycles. The summed E-state index contributed by atoms with van der Waals surface area (Å²) < 4.78 is 195. The number of nitrogens with two attached hydrogens (primary N) is 1. The molecule has 7 aromatic carbocycles. The molecule has 11 rings (SSSR count). The molecule has 0 fully saturated rings. The molecule has 0 saturated carbocycles. The van der Waals surface area contributed by atoms with Crippen molar-refractivity contribution in [3.8, 4) is 63.2 Å². The summed E-state index contributed by atoms with van der Waals surface area (Å²) in [6, 6.07) is 38.4. The molecule has 35 heteroatoms. The average molecular weight is 1700 g/mol. The molecule has 11 aromatic rings. The van der Waals surface area contributed by atoms with E-state index in [-0.39, 0.29) is 37.1 Å². The van der Waals surface area contributed by atoms with E-state index in [1.165, 1.54) is 74.9 Å². The predicted octanol–water partition coefficient (Wildman–Crippen LogP) is 19.4. The lowest BCUT2D eigenvalue weighted by atomic mass is 10.1. The second kappa shape index (κ2) is 38.7. The van der Waals surface area contributed by atoms with Crippen LogP contribution in [0.4, 0.5) is 81.4 Å². The van der Waals surface area contributed by atoms with Gasteiger partial charge in [0.2, 0.25) is 0 Å². The fourth-order valence-corrected chi connectivity index (χ4v) is 9.80. The Bertz CT molecular complexity index is 4310. The van der Waals surface area contributed by atoms with Gasteiger partial charge in [-0.1, -0.05) is 7.43 Å². The van der Waals surface area contributed by atoms with Gasteiger partial charge in [0, 0.05) is 63.4 Å². The zero-order chi connectivity index (χ0) is 74.4. The van der Waals surface area contributed by atoms with Gasteiger partial charge in [-0.2, -0.15) is 13.2 Å². The van der Waals surface area contributed by atoms with Crippen molar-refractivity contribution in [2.45, 2.75) is 32.7 Å². The summed E-state index contributed by atoms with van der Waals surface area (Å²) in [6.07, 6.45) is -12.3. The highest BCUT2D eigenvalue weighted by Gasteiger charge is 2.38. The first-order chi connectivity index (χ1) is 47.7. The van der Waals surface area contributed by atoms with E-state index < -0.39 is 31.2 Å². The molecule has 103 heavy (non-hydrogen) atoms. The van der Waals surface area contributed by atoms with Crippen molar-refractivity contribution in [2.75, 3.05) is 73.2 Å². The Balaban J connectivity index is 0.000000272. The largest absolute Gasteiger partial charge is 0.573 e. The molecule has 5 N–H and O–H groups in total. The molecule has 0 saturated heterocycles. The first kappa shape index (κ1) is 85.2. The number of halogens is 15. The van der Waals surface area contributed by atoms with E-state index in [9.17, 15) is 52.7 Å². The number of rotatable bonds is 15. The third-order valence-corrected chi connectivity index (χ3v) is 14.8. The fourth-order valence-electron chi connectivity index (χ4n) is 8.55. The van der Waals surface area contributed by atoms with Crippen LogP contribution < -0.4 is 68.5 Å². The molecule has 20 nitrogen and oxygen atoms in total. The van der Waals surface area contributed by atoms with Gasteiger partial charge in [-0.05, 0) is 212 Å². The van der Waals surface area contributed by atoms with Gasteiger partial charge in [-0.15, -0.1) is 51.9 Å². The number of nitrogens with one attached hydrogen (secondary N) is 2. The van der Waals surface area contributed by atoms with E-state index in [4.69, 9.17) is 53.5 Å². The number of methoxy groups -OCH3 is 8. The van der Waals surface area contributed by atoms with Gasteiger partial charge in [0.25, 0.3) is 0 Å². The molecular formula is C68H62ClF12I2N7O13. The normalized spacial score (nSPS) is 10.8. The van der Waals surface area contributed by atoms with Crippen LogP contribution in [0.3, 0.4) is 0 Å². The van der Waals surface area contributed by atoms with E-state index in [0.29, 0.717) is 51.7 Å². The number of aliphatic carboxylic acids is 1. The number of hydrogen-bond acceptors (Lipinski definition) is 19. The Morgan fingerprint density at radius 1 is 0.379 bits per heavy atom. The van der Waals surface area contributed by atoms with E-state index in [2.05, 4.69) is 90.0 Å². The van der Waals surface area contributed by atoms with Crippen LogP contribution in [0, 0.1) is 7.40 Å². The highest BCUT2D eigenvalue weighted by molar-refractivity contribution is 14.1. The van der Waals surface area contributed by atoms with Gasteiger partial charge in [0.05, 0.1) is 56.9 Å². The van der Waals surface area contributed by atoms with Crippen molar-refractivity contribution in [3.63, 3.8) is 0 Å². The van der Waals surface area contributed by atoms with Gasteiger partial charge >= 0.3 is 31.2 Å². The summed E-state index contributed by atoms with van der Waals surface area (Å²) in [5.74, 6) is 2.68. The second-order valence-electron chi connectivity index (χ2n) is 19.6. The Morgan fingerprint density at radius 2 is 0.602 bits per heavy atom. The Morgan fingerprint density at radius 3 is 0.845 bits per heavy atom. The number of hydrogen-bond donors (Lipinski definition) is 4. The maximum atomic E-state index is 12.2. The molecular weight excluding hydrogens is 1640 g/mol. The third-order valence-electron chi connectivity index (χ3n) is 13.0. The van der Waals surface area contributed by atoms with Crippen molar-refractivity contribution >= 4 is 135 Å². The van der Waals surface area contributed by atoms with Crippen molar-refractivity contribution in [1.29, 1.82) is 0 Å². The van der Waals surface area contributed by atoms with Gasteiger partial charge in [-0.25, -0.2) is 24.7 Å². The topological polar surface area (TPSA) is 240 Å². The number of aromatic nitrogens is 4. The summed E-state index contributed by atoms with van der Waals surface area (Å²) in [5, 5.41) is 21.0. The van der Waals surface area contributed by atoms with Gasteiger partial charge in [-0.3, -0.25) is 0 Å². The van der Waals surface area contributed by atoms with E-state index >= 15 is 0 Å². The number of benzene rings is 7. The number of nitrogen functional groups attached to an aromatic ring is 1. The molecule has 0 aliphatic carbocycles. The first-order valence-corrected chi connectivity index (χ1v) is 30.4. The number of nitrogens with zero attached hydrogens (tertiary/aromatic N) is 4. The molecule has 0 atom stereocenters. The molecule has 0 bridgehead atoms. The summed E-state index contributed by atoms with van der Waals surface area (Å²) in [4.78, 5) is 25.9. The molecule has 552 valence electrons. The third kappa shape index (κ3) is 26.0. The Hall–Kier alpha value is -10.2. The first-order valence-electron chi connectivity index (χ1n) is 28.2. The molecule has 0 aliphatic rings. The standard InChI is InChI=1S/2C18H15F3N2O3.2C11H10INO2.C7H6F3NO.C2HF3O2.CH4.ClH/c2*1-24-15-9-11-7-8-22-17(14(11)10-16(15)25-2)23-12-3-5-13(6-4-12)26-18(19,20)21;2*1-14-9-5-7-3-4-13-11(12)8(7)6-10(9)15-2;8-7(9,10)12-6-3-1-5(11)2-4-6;3-2(4,5)1(6)7;;/h2*3-10H,1-2H3,(H,22,23);2*3-6H,1-2H3;1-4H,11H2;(H,6,7);1H4;1H. The Labute approximate surface area is 613 Å². The summed E-state index contributed by atoms with van der Waals surface area (Å²) in [6.45, 7) is 0. The minimum Gasteiger partial charge on any atom is -0.493 e. The van der Waals surface area contributed by atoms with Crippen LogP contribution in [-0.2, 0) is 4.79 Å². The highest BCUT2D eigenvalue weighted by atomic mass is 127. The molecule has 0 radical (unpaired) electrons. The monoisotopic (exact) mass is 1700 g/mol. The number of ether oxygens (including phenoxy) is 11. The average Bonchev–Trinajstić information content (AvgIpc) is 0.818. The van der Waals surface area contributed by atoms with Crippen molar-refractivity contribution in [1.82, 2.24) is 19.9 Å². The van der Waals surface area contributed by atoms with E-state index in [1.807, 2.05) is 60.7 Å². The maximum Gasteiger partial charge on any atom is 0.573 e. The number of anilines is 5. The number of alkyl halides is 12. The molecule has 0 amide bonds. The van der Waals surface area contributed by atoms with Crippen molar-refractivity contribution in [2.24, 2.45) is 0 Å². The lowest BCUT2D eigenvalue weighted by molar-refractivity contribution is -0.275. The summed E-state index contributed by atoms with van der Waals surface area (Å²) in [5.41, 5.74) is 6.78. The van der Waals surface area contributed by atoms with Gasteiger partial charge < -0.3 is 73.6 Å². The number of carbonyl (C=O) groups is 1. The zero-order valence-electron chi connectivity index (χ0n) is 54.1. The van der Waals surface area contributed by atoms with Gasteiger partial charge in [0.15, 0.2) is 46.0 Å². The van der Waals surface area contributed by atoms with E-state index in [1.54, 1.807) is 79.6 Å². The fraction of sp³-hybridized carbons (Fsp3) is 0.191. The molecule has 0 aliphatic heterocycles. The highest BCUT2D eigenvalue weighted by Crippen LogP contribution is 2.39. The number of carboxylic acids is 1. The zero-order valence-corrected chi connectivity index (χ0v) is 59.2. The second-order valence-corrected chi connectivity index (χ2v) is 21.6. The molecule has 4 heterocycles.